The summed E-state index contributed by atoms with van der Waals surface area (Å²) in [5.41, 5.74) is 12.7. The highest BCUT2D eigenvalue weighted by Crippen LogP contribution is 2.57. The molecular weight excluding hydrogens is 907 g/mol. The fourth-order valence-corrected chi connectivity index (χ4v) is 11.6. The Balaban J connectivity index is 0.807. The average Bonchev–Trinajstić information content (AvgIpc) is 4.32. The first-order chi connectivity index (χ1) is 35.2. The lowest BCUT2D eigenvalue weighted by atomic mass is 9.81. The first-order valence-corrected chi connectivity index (χ1v) is 24.8. The molecule has 0 spiro atoms. The molecule has 4 amide bonds. The molecule has 15 nitrogen and oxygen atoms in total. The van der Waals surface area contributed by atoms with Gasteiger partial charge in [0.15, 0.2) is 0 Å². The normalized spacial score (nSPS) is 20.0. The van der Waals surface area contributed by atoms with Crippen LogP contribution in [0, 0.1) is 0 Å². The number of imidazole rings is 2. The number of alkyl carbamates (subject to hydrolysis) is 2. The predicted octanol–water partition coefficient (Wildman–Crippen LogP) is 10.1. The summed E-state index contributed by atoms with van der Waals surface area (Å²) in [6.07, 6.45) is 7.73. The number of nitrogens with one attached hydrogen (secondary N) is 4. The highest BCUT2D eigenvalue weighted by molar-refractivity contribution is 5.89. The molecule has 5 aromatic carbocycles. The highest BCUT2D eigenvalue weighted by atomic mass is 16.5. The van der Waals surface area contributed by atoms with Crippen LogP contribution in [0.25, 0.3) is 44.8 Å². The smallest absolute Gasteiger partial charge is 0.407 e. The van der Waals surface area contributed by atoms with Crippen molar-refractivity contribution in [2.75, 3.05) is 34.4 Å². The number of carbonyl (C=O) groups is 4. The van der Waals surface area contributed by atoms with Crippen LogP contribution < -0.4 is 10.6 Å². The van der Waals surface area contributed by atoms with E-state index < -0.39 is 24.3 Å². The van der Waals surface area contributed by atoms with Crippen LogP contribution in [-0.2, 0) is 19.1 Å². The van der Waals surface area contributed by atoms with Gasteiger partial charge < -0.3 is 39.9 Å². The molecule has 15 heteroatoms. The van der Waals surface area contributed by atoms with Crippen LogP contribution in [0.15, 0.2) is 134 Å². The van der Waals surface area contributed by atoms with Crippen molar-refractivity contribution in [2.45, 2.75) is 74.8 Å². The van der Waals surface area contributed by atoms with Crippen molar-refractivity contribution >= 4 is 24.0 Å². The molecule has 0 saturated carbocycles. The lowest BCUT2D eigenvalue weighted by Gasteiger charge is -2.28. The Bertz CT molecular complexity index is 2910. The minimum atomic E-state index is -0.883. The Morgan fingerprint density at radius 2 is 0.917 bits per heavy atom. The number of fused-ring (bicyclic) bond motifs is 5. The second-order valence-electron chi connectivity index (χ2n) is 19.1. The molecule has 0 radical (unpaired) electrons. The highest BCUT2D eigenvalue weighted by Gasteiger charge is 2.45. The largest absolute Gasteiger partial charge is 0.453 e. The molecule has 7 aromatic rings. The molecular formula is C57H57N9O6. The lowest BCUT2D eigenvalue weighted by Crippen LogP contribution is -2.42. The summed E-state index contributed by atoms with van der Waals surface area (Å²) >= 11 is 0. The molecule has 3 fully saturated rings. The Kier molecular flexibility index (Phi) is 12.6. The summed E-state index contributed by atoms with van der Waals surface area (Å²) in [5.74, 6) is 1.02. The van der Waals surface area contributed by atoms with Gasteiger partial charge in [0.05, 0.1) is 50.1 Å². The minimum absolute atomic E-state index is 0.204. The maximum atomic E-state index is 14.1. The van der Waals surface area contributed by atoms with Gasteiger partial charge in [0.2, 0.25) is 0 Å². The Morgan fingerprint density at radius 3 is 1.31 bits per heavy atom. The SMILES string of the molecule is COC(=O)N[C@H](C(=O)N1CCCC1c1ncc(-c2ccc(-c3ccc(-c4ccc(-c5cnc([C@@H]6CCCN6C(=O)[C@@H](NC(=O)OC)c6ccccc6)[nH]5)cc4)c4c3C3CCC4N3C)cc2)[nH]1)c1ccccc1. The van der Waals surface area contributed by atoms with E-state index in [4.69, 9.17) is 19.4 Å². The zero-order chi connectivity index (χ0) is 49.5. The molecule has 0 aliphatic carbocycles. The number of rotatable bonds is 12. The zero-order valence-corrected chi connectivity index (χ0v) is 40.5. The maximum Gasteiger partial charge on any atom is 0.407 e. The second kappa shape index (κ2) is 19.6. The third kappa shape index (κ3) is 8.56. The van der Waals surface area contributed by atoms with E-state index in [2.05, 4.69) is 93.2 Å². The number of carbonyl (C=O) groups excluding carboxylic acids is 4. The summed E-state index contributed by atoms with van der Waals surface area (Å²) in [5, 5.41) is 5.48. The minimum Gasteiger partial charge on any atom is -0.453 e. The number of hydrogen-bond acceptors (Lipinski definition) is 9. The van der Waals surface area contributed by atoms with Gasteiger partial charge in [-0.25, -0.2) is 19.6 Å². The average molecular weight is 964 g/mol. The molecule has 2 bridgehead atoms. The first kappa shape index (κ1) is 46.3. The summed E-state index contributed by atoms with van der Waals surface area (Å²) < 4.78 is 9.75. The molecule has 4 aliphatic rings. The number of ether oxygens (including phenoxy) is 2. The van der Waals surface area contributed by atoms with Gasteiger partial charge in [-0.3, -0.25) is 14.5 Å². The summed E-state index contributed by atoms with van der Waals surface area (Å²) in [6.45, 7) is 1.11. The number of aromatic nitrogens is 4. The van der Waals surface area contributed by atoms with Crippen molar-refractivity contribution in [3.8, 4) is 44.8 Å². The van der Waals surface area contributed by atoms with Crippen molar-refractivity contribution in [3.63, 3.8) is 0 Å². The third-order valence-electron chi connectivity index (χ3n) is 15.2. The number of H-pyrrole nitrogens is 2. The number of benzene rings is 5. The van der Waals surface area contributed by atoms with E-state index in [9.17, 15) is 19.2 Å². The fourth-order valence-electron chi connectivity index (χ4n) is 11.6. The number of amides is 4. The van der Waals surface area contributed by atoms with Crippen LogP contribution >= 0.6 is 0 Å². The van der Waals surface area contributed by atoms with Crippen molar-refractivity contribution < 1.29 is 28.7 Å². The van der Waals surface area contributed by atoms with Crippen LogP contribution in [0.2, 0.25) is 0 Å². The van der Waals surface area contributed by atoms with E-state index in [0.29, 0.717) is 47.9 Å². The van der Waals surface area contributed by atoms with E-state index in [-0.39, 0.29) is 23.9 Å². The molecule has 6 heterocycles. The van der Waals surface area contributed by atoms with Gasteiger partial charge in [-0.15, -0.1) is 0 Å². The fraction of sp³-hybridized carbons (Fsp3) is 0.298. The van der Waals surface area contributed by atoms with E-state index in [1.165, 1.54) is 36.5 Å². The first-order valence-electron chi connectivity index (χ1n) is 24.8. The lowest BCUT2D eigenvalue weighted by molar-refractivity contribution is -0.135. The van der Waals surface area contributed by atoms with Gasteiger partial charge in [-0.1, -0.05) is 121 Å². The van der Waals surface area contributed by atoms with Crippen LogP contribution in [0.1, 0.15) is 109 Å². The second-order valence-corrected chi connectivity index (χ2v) is 19.1. The topological polar surface area (TPSA) is 178 Å². The van der Waals surface area contributed by atoms with Crippen LogP contribution in [0.3, 0.4) is 0 Å². The van der Waals surface area contributed by atoms with Crippen molar-refractivity contribution in [2.24, 2.45) is 0 Å². The number of likely N-dealkylation sites (tertiary alicyclic amines) is 2. The van der Waals surface area contributed by atoms with Gasteiger partial charge in [0.25, 0.3) is 11.8 Å². The molecule has 3 unspecified atom stereocenters. The van der Waals surface area contributed by atoms with E-state index in [1.54, 1.807) is 0 Å². The van der Waals surface area contributed by atoms with Gasteiger partial charge in [-0.05, 0) is 101 Å². The van der Waals surface area contributed by atoms with Crippen LogP contribution in [0.4, 0.5) is 9.59 Å². The molecule has 4 aliphatic heterocycles. The van der Waals surface area contributed by atoms with Crippen molar-refractivity contribution in [1.29, 1.82) is 0 Å². The molecule has 366 valence electrons. The summed E-state index contributed by atoms with van der Waals surface area (Å²) in [7, 11) is 4.83. The van der Waals surface area contributed by atoms with E-state index >= 15 is 0 Å². The Morgan fingerprint density at radius 1 is 0.528 bits per heavy atom. The quantitative estimate of drug-likeness (QED) is 0.0928. The van der Waals surface area contributed by atoms with Crippen LogP contribution in [0.5, 0.6) is 0 Å². The Labute approximate surface area is 418 Å². The number of aromatic amines is 2. The number of nitrogens with zero attached hydrogens (tertiary/aromatic N) is 5. The van der Waals surface area contributed by atoms with Crippen molar-refractivity contribution in [1.82, 2.24) is 45.3 Å². The van der Waals surface area contributed by atoms with Crippen LogP contribution in [-0.4, -0.2) is 93.0 Å². The van der Waals surface area contributed by atoms with Crippen molar-refractivity contribution in [3.05, 3.63) is 168 Å². The molecule has 6 atom stereocenters. The van der Waals surface area contributed by atoms with Gasteiger partial charge in [0, 0.05) is 25.2 Å². The van der Waals surface area contributed by atoms with E-state index in [1.807, 2.05) is 82.9 Å². The number of methoxy groups -OCH3 is 2. The Hall–Kier alpha value is -8.04. The molecule has 2 aromatic heterocycles. The van der Waals surface area contributed by atoms with Gasteiger partial charge in [0.1, 0.15) is 23.7 Å². The monoisotopic (exact) mass is 963 g/mol. The van der Waals surface area contributed by atoms with Gasteiger partial charge >= 0.3 is 12.2 Å². The standard InChI is InChI=1S/C57H57N9O6/c1-64-44-28-29-45(64)49-41(35-20-24-37(25-21-35)43-33-59-53(61-43)47-17-11-31-66(47)55(68)51(63-57(70)72-3)39-14-8-5-9-15-39)27-26-40(48(44)49)34-18-22-36(23-19-34)42-32-58-52(60-42)46-16-10-30-65(46)54(67)50(62-56(69)71-2)38-12-6-4-7-13-38/h4-9,12-15,18-27,32-33,44-47,50-51H,10-11,16-17,28-31H2,1-3H3,(H,58,60)(H,59,61)(H,62,69)(H,63,70)/t44?,45?,46-,47?,50-,51-/m0/s1. The zero-order valence-electron chi connectivity index (χ0n) is 40.5. The van der Waals surface area contributed by atoms with Gasteiger partial charge in [-0.2, -0.15) is 0 Å². The molecule has 72 heavy (non-hydrogen) atoms. The summed E-state index contributed by atoms with van der Waals surface area (Å²) in [6, 6.07) is 38.7. The predicted molar refractivity (Wildman–Crippen MR) is 272 cm³/mol. The molecule has 4 N–H and O–H groups in total. The summed E-state index contributed by atoms with van der Waals surface area (Å²) in [4.78, 5) is 75.6. The molecule has 11 rings (SSSR count). The third-order valence-corrected chi connectivity index (χ3v) is 15.2. The number of hydrogen-bond donors (Lipinski definition) is 4. The molecule has 3 saturated heterocycles. The maximum absolute atomic E-state index is 14.1. The van der Waals surface area contributed by atoms with E-state index in [0.717, 1.165) is 72.2 Å².